The summed E-state index contributed by atoms with van der Waals surface area (Å²) in [5.41, 5.74) is 22.0. The average molecular weight is 1000 g/mol. The molecule has 67 heavy (non-hydrogen) atoms. The van der Waals surface area contributed by atoms with E-state index in [0.29, 0.717) is 0 Å². The van der Waals surface area contributed by atoms with Crippen molar-refractivity contribution in [1.29, 1.82) is 0 Å². The molecule has 6 aromatic rings. The zero-order valence-corrected chi connectivity index (χ0v) is 45.7. The summed E-state index contributed by atoms with van der Waals surface area (Å²) in [4.78, 5) is 19.1. The van der Waals surface area contributed by atoms with Gasteiger partial charge in [-0.1, -0.05) is 179 Å². The molecule has 3 aromatic heterocycles. The molecule has 5 heterocycles. The summed E-state index contributed by atoms with van der Waals surface area (Å²) in [5, 5.41) is 0. The van der Waals surface area contributed by atoms with E-state index in [4.69, 9.17) is 9.97 Å². The number of aromatic amines is 2. The lowest BCUT2D eigenvalue weighted by atomic mass is 9.78. The van der Waals surface area contributed by atoms with Gasteiger partial charge >= 0.3 is 0 Å². The molecule has 4 nitrogen and oxygen atoms in total. The van der Waals surface area contributed by atoms with Gasteiger partial charge in [-0.25, -0.2) is 9.97 Å². The highest BCUT2D eigenvalue weighted by Gasteiger charge is 2.27. The fourth-order valence-corrected chi connectivity index (χ4v) is 9.61. The fraction of sp³-hybridized carbons (Fsp3) is 0.387. The molecule has 2 aliphatic heterocycles. The zero-order chi connectivity index (χ0) is 49.0. The van der Waals surface area contributed by atoms with Gasteiger partial charge in [0.25, 0.3) is 0 Å². The van der Waals surface area contributed by atoms with Crippen LogP contribution < -0.4 is 0 Å². The van der Waals surface area contributed by atoms with E-state index in [1.807, 2.05) is 0 Å². The Morgan fingerprint density at radius 3 is 0.791 bits per heavy atom. The van der Waals surface area contributed by atoms with E-state index in [2.05, 4.69) is 260 Å². The number of hydrogen-bond donors (Lipinski definition) is 2. The molecule has 0 radical (unpaired) electrons. The molecule has 0 spiro atoms. The Bertz CT molecular complexity index is 2900. The predicted molar refractivity (Wildman–Crippen MR) is 300 cm³/mol. The van der Waals surface area contributed by atoms with Crippen LogP contribution in [-0.2, 0) is 32.5 Å². The Balaban J connectivity index is 1.59. The highest BCUT2D eigenvalue weighted by molar-refractivity contribution is 14.1. The highest BCUT2D eigenvalue weighted by atomic mass is 127. The predicted octanol–water partition coefficient (Wildman–Crippen LogP) is 18.0. The summed E-state index contributed by atoms with van der Waals surface area (Å²) in [5.74, 6) is 0. The fourth-order valence-electron chi connectivity index (χ4n) is 9.00. The molecular formula is C62H73IN4. The van der Waals surface area contributed by atoms with Crippen LogP contribution in [0.5, 0.6) is 0 Å². The first-order valence-electron chi connectivity index (χ1n) is 24.2. The molecule has 5 heteroatoms. The monoisotopic (exact) mass is 1000 g/mol. The van der Waals surface area contributed by atoms with Crippen molar-refractivity contribution in [2.24, 2.45) is 0 Å². The van der Waals surface area contributed by atoms with E-state index in [1.54, 1.807) is 0 Å². The molecule has 0 fully saturated rings. The van der Waals surface area contributed by atoms with Crippen LogP contribution in [-0.4, -0.2) is 19.9 Å². The molecule has 3 aromatic carbocycles. The van der Waals surface area contributed by atoms with Gasteiger partial charge in [0.2, 0.25) is 0 Å². The summed E-state index contributed by atoms with van der Waals surface area (Å²) in [6.45, 7) is 41.6. The molecule has 8 bridgehead atoms. The number of benzene rings is 3. The number of H-pyrrole nitrogens is 2. The van der Waals surface area contributed by atoms with Crippen molar-refractivity contribution in [2.75, 3.05) is 0 Å². The van der Waals surface area contributed by atoms with Gasteiger partial charge in [0.15, 0.2) is 0 Å². The number of rotatable bonds is 3. The summed E-state index contributed by atoms with van der Waals surface area (Å²) in [6, 6.07) is 30.7. The SMILES string of the molecule is CC(C)(C)c1cc(-c2c3nc(c(I)c4nc(c(-c5cc(C(C)(C)C)cc(C(C)(C)C)c5)c5ccc([nH]5)c(-c5cc(C(C)(C)C)cc(C(C)(C)C)c5)c5ccc2[nH]5)C=C4)C=C3)cc(C(C)(C)C)c1. The molecule has 2 aliphatic rings. The average Bonchev–Trinajstić information content (AvgIpc) is 4.05. The highest BCUT2D eigenvalue weighted by Crippen LogP contribution is 2.43. The van der Waals surface area contributed by atoms with E-state index in [0.717, 1.165) is 76.2 Å². The van der Waals surface area contributed by atoms with Gasteiger partial charge in [-0.3, -0.25) is 0 Å². The molecule has 0 unspecified atom stereocenters. The molecule has 0 atom stereocenters. The quantitative estimate of drug-likeness (QED) is 0.173. The normalized spacial score (nSPS) is 13.8. The van der Waals surface area contributed by atoms with Crippen LogP contribution in [0.15, 0.2) is 78.9 Å². The Kier molecular flexibility index (Phi) is 12.0. The van der Waals surface area contributed by atoms with Gasteiger partial charge in [0.1, 0.15) is 0 Å². The molecule has 8 rings (SSSR count). The Morgan fingerprint density at radius 2 is 0.537 bits per heavy atom. The van der Waals surface area contributed by atoms with Crippen molar-refractivity contribution in [3.05, 3.63) is 139 Å². The lowest BCUT2D eigenvalue weighted by molar-refractivity contribution is 0.568. The number of halogens is 1. The third-order valence-electron chi connectivity index (χ3n) is 13.6. The first kappa shape index (κ1) is 48.4. The maximum Gasteiger partial charge on any atom is 0.0793 e. The van der Waals surface area contributed by atoms with Crippen LogP contribution in [0.4, 0.5) is 0 Å². The maximum atomic E-state index is 5.49. The topological polar surface area (TPSA) is 57.4 Å². The van der Waals surface area contributed by atoms with Crippen molar-refractivity contribution in [3.8, 4) is 33.4 Å². The van der Waals surface area contributed by atoms with Gasteiger partial charge < -0.3 is 9.97 Å². The molecule has 0 saturated carbocycles. The van der Waals surface area contributed by atoms with Gasteiger partial charge in [-0.05, 0) is 154 Å². The summed E-state index contributed by atoms with van der Waals surface area (Å²) in [6.07, 6.45) is 8.72. The van der Waals surface area contributed by atoms with Crippen LogP contribution in [0.3, 0.4) is 0 Å². The second-order valence-corrected chi connectivity index (χ2v) is 26.4. The van der Waals surface area contributed by atoms with E-state index in [9.17, 15) is 0 Å². The van der Waals surface area contributed by atoms with Gasteiger partial charge in [0.05, 0.1) is 26.3 Å². The number of fused-ring (bicyclic) bond motifs is 8. The summed E-state index contributed by atoms with van der Waals surface area (Å²) >= 11 is 2.46. The van der Waals surface area contributed by atoms with Gasteiger partial charge in [0, 0.05) is 38.8 Å². The Morgan fingerprint density at radius 1 is 0.313 bits per heavy atom. The Labute approximate surface area is 415 Å². The minimum atomic E-state index is -0.0684. The first-order valence-corrected chi connectivity index (χ1v) is 25.3. The second kappa shape index (κ2) is 16.6. The molecule has 348 valence electrons. The van der Waals surface area contributed by atoms with Crippen LogP contribution in [0.25, 0.3) is 79.8 Å². The van der Waals surface area contributed by atoms with Crippen LogP contribution in [0, 0.1) is 3.57 Å². The van der Waals surface area contributed by atoms with Crippen molar-refractivity contribution in [2.45, 2.75) is 157 Å². The summed E-state index contributed by atoms with van der Waals surface area (Å²) < 4.78 is 1.02. The van der Waals surface area contributed by atoms with Crippen LogP contribution in [0.1, 0.15) is 181 Å². The third kappa shape index (κ3) is 9.82. The van der Waals surface area contributed by atoms with Crippen molar-refractivity contribution >= 4 is 69.0 Å². The maximum absolute atomic E-state index is 5.49. The number of hydrogen-bond acceptors (Lipinski definition) is 2. The smallest absolute Gasteiger partial charge is 0.0793 e. The van der Waals surface area contributed by atoms with Crippen molar-refractivity contribution in [3.63, 3.8) is 0 Å². The third-order valence-corrected chi connectivity index (χ3v) is 14.7. The number of aromatic nitrogens is 4. The summed E-state index contributed by atoms with van der Waals surface area (Å²) in [7, 11) is 0. The standard InChI is InChI=1S/C62H73IN4/c1-57(2,3)39-27-36(28-40(33-39)58(4,5)6)53-45-19-21-47(64-45)54(37-29-41(59(7,8)9)34-42(30-37)60(10,11)12)49-23-25-51(66-49)56(63)52-26-24-50(67-52)55(48-22-20-46(53)65-48)38-31-43(61(13,14)15)35-44(32-38)62(16,17)18/h19-35,64-65H,1-18H3. The van der Waals surface area contributed by atoms with E-state index in [1.165, 1.54) is 38.9 Å². The van der Waals surface area contributed by atoms with Crippen molar-refractivity contribution < 1.29 is 0 Å². The Hall–Kier alpha value is -5.01. The molecule has 2 N–H and O–H groups in total. The molecular weight excluding hydrogens is 928 g/mol. The largest absolute Gasteiger partial charge is 0.354 e. The second-order valence-electron chi connectivity index (χ2n) is 25.3. The van der Waals surface area contributed by atoms with E-state index >= 15 is 0 Å². The van der Waals surface area contributed by atoms with Crippen molar-refractivity contribution in [1.82, 2.24) is 19.9 Å². The number of nitrogens with one attached hydrogen (secondary N) is 2. The lowest BCUT2D eigenvalue weighted by Gasteiger charge is -2.26. The zero-order valence-electron chi connectivity index (χ0n) is 43.6. The van der Waals surface area contributed by atoms with E-state index in [-0.39, 0.29) is 32.5 Å². The lowest BCUT2D eigenvalue weighted by Crippen LogP contribution is -2.16. The minimum absolute atomic E-state index is 0.0575. The van der Waals surface area contributed by atoms with Gasteiger partial charge in [-0.15, -0.1) is 0 Å². The van der Waals surface area contributed by atoms with Gasteiger partial charge in [-0.2, -0.15) is 0 Å². The van der Waals surface area contributed by atoms with Crippen LogP contribution >= 0.6 is 22.6 Å². The number of nitrogens with zero attached hydrogens (tertiary/aromatic N) is 2. The molecule has 0 saturated heterocycles. The minimum Gasteiger partial charge on any atom is -0.354 e. The van der Waals surface area contributed by atoms with E-state index < -0.39 is 0 Å². The first-order chi connectivity index (χ1) is 30.9. The molecule has 0 aliphatic carbocycles. The van der Waals surface area contributed by atoms with Crippen LogP contribution in [0.2, 0.25) is 0 Å². The molecule has 0 amide bonds.